The minimum absolute atomic E-state index is 0.00863. The maximum atomic E-state index is 12.8. The Labute approximate surface area is 151 Å². The highest BCUT2D eigenvalue weighted by Gasteiger charge is 2.29. The molecule has 1 aromatic heterocycles. The van der Waals surface area contributed by atoms with E-state index in [2.05, 4.69) is 5.32 Å². The molecule has 1 atom stereocenters. The molecule has 1 aliphatic rings. The summed E-state index contributed by atoms with van der Waals surface area (Å²) in [6.45, 7) is 2.28. The van der Waals surface area contributed by atoms with E-state index in [0.717, 1.165) is 40.0 Å². The molecule has 4 nitrogen and oxygen atoms in total. The first-order valence-corrected chi connectivity index (χ1v) is 9.26. The Balaban J connectivity index is 1.72. The summed E-state index contributed by atoms with van der Waals surface area (Å²) in [5, 5.41) is 3.38. The monoisotopic (exact) mass is 364 g/mol. The van der Waals surface area contributed by atoms with Crippen LogP contribution >= 0.6 is 22.9 Å². The van der Waals surface area contributed by atoms with Gasteiger partial charge in [-0.2, -0.15) is 0 Å². The molecule has 0 saturated carbocycles. The SMILES string of the molecule is COc1ccccc1C1CNCCN1C(=O)CCc1ccc(Cl)s1. The molecular weight excluding hydrogens is 344 g/mol. The summed E-state index contributed by atoms with van der Waals surface area (Å²) in [5.74, 6) is 1.01. The number of hydrogen-bond donors (Lipinski definition) is 1. The Morgan fingerprint density at radius 1 is 1.38 bits per heavy atom. The molecule has 1 amide bonds. The molecule has 128 valence electrons. The molecule has 0 radical (unpaired) electrons. The van der Waals surface area contributed by atoms with Gasteiger partial charge < -0.3 is 15.0 Å². The first-order chi connectivity index (χ1) is 11.7. The van der Waals surface area contributed by atoms with E-state index < -0.39 is 0 Å². The van der Waals surface area contributed by atoms with Gasteiger partial charge in [-0.3, -0.25) is 4.79 Å². The second-order valence-corrected chi connectivity index (χ2v) is 7.55. The van der Waals surface area contributed by atoms with Gasteiger partial charge in [0.2, 0.25) is 5.91 Å². The first kappa shape index (κ1) is 17.3. The molecular formula is C18H21ClN2O2S. The Bertz CT molecular complexity index is 704. The Kier molecular flexibility index (Phi) is 5.76. The third kappa shape index (κ3) is 3.91. The number of amides is 1. The van der Waals surface area contributed by atoms with Crippen molar-refractivity contribution >= 4 is 28.8 Å². The molecule has 2 heterocycles. The highest BCUT2D eigenvalue weighted by Crippen LogP contribution is 2.31. The average Bonchev–Trinajstić information content (AvgIpc) is 3.05. The lowest BCUT2D eigenvalue weighted by Crippen LogP contribution is -2.48. The number of rotatable bonds is 5. The summed E-state index contributed by atoms with van der Waals surface area (Å²) in [6.07, 6.45) is 1.24. The number of halogens is 1. The van der Waals surface area contributed by atoms with Crippen LogP contribution < -0.4 is 10.1 Å². The highest BCUT2D eigenvalue weighted by atomic mass is 35.5. The Hall–Kier alpha value is -1.56. The van der Waals surface area contributed by atoms with Crippen LogP contribution in [0.4, 0.5) is 0 Å². The summed E-state index contributed by atoms with van der Waals surface area (Å²) < 4.78 is 6.25. The van der Waals surface area contributed by atoms with Crippen molar-refractivity contribution in [2.75, 3.05) is 26.7 Å². The molecule has 0 bridgehead atoms. The molecule has 2 aromatic rings. The van der Waals surface area contributed by atoms with Gasteiger partial charge >= 0.3 is 0 Å². The number of nitrogens with one attached hydrogen (secondary N) is 1. The number of para-hydroxylation sites is 1. The summed E-state index contributed by atoms with van der Waals surface area (Å²) in [6, 6.07) is 11.8. The fourth-order valence-corrected chi connectivity index (χ4v) is 4.17. The van der Waals surface area contributed by atoms with Crippen molar-refractivity contribution in [2.45, 2.75) is 18.9 Å². The standard InChI is InChI=1S/C18H21ClN2O2S/c1-23-16-5-3-2-4-14(16)15-12-20-10-11-21(15)18(22)9-7-13-6-8-17(19)24-13/h2-6,8,15,20H,7,9-12H2,1H3. The number of aryl methyl sites for hydroxylation is 1. The Morgan fingerprint density at radius 2 is 2.21 bits per heavy atom. The van der Waals surface area contributed by atoms with Crippen molar-refractivity contribution in [3.8, 4) is 5.75 Å². The van der Waals surface area contributed by atoms with Crippen LogP contribution in [0.1, 0.15) is 22.9 Å². The van der Waals surface area contributed by atoms with Gasteiger partial charge in [0.15, 0.2) is 0 Å². The van der Waals surface area contributed by atoms with Crippen LogP contribution in [0.25, 0.3) is 0 Å². The smallest absolute Gasteiger partial charge is 0.223 e. The van der Waals surface area contributed by atoms with Crippen LogP contribution in [0.5, 0.6) is 5.75 Å². The summed E-state index contributed by atoms with van der Waals surface area (Å²) in [7, 11) is 1.67. The lowest BCUT2D eigenvalue weighted by Gasteiger charge is -2.37. The van der Waals surface area contributed by atoms with Gasteiger partial charge in [-0.25, -0.2) is 0 Å². The average molecular weight is 365 g/mol. The van der Waals surface area contributed by atoms with Crippen molar-refractivity contribution in [3.63, 3.8) is 0 Å². The molecule has 0 spiro atoms. The zero-order valence-electron chi connectivity index (χ0n) is 13.6. The van der Waals surface area contributed by atoms with Crippen LogP contribution in [0.3, 0.4) is 0 Å². The molecule has 0 aliphatic carbocycles. The number of carbonyl (C=O) groups excluding carboxylic acids is 1. The number of hydrogen-bond acceptors (Lipinski definition) is 4. The summed E-state index contributed by atoms with van der Waals surface area (Å²) in [4.78, 5) is 15.9. The van der Waals surface area contributed by atoms with Crippen molar-refractivity contribution in [2.24, 2.45) is 0 Å². The van der Waals surface area contributed by atoms with Crippen LogP contribution in [0, 0.1) is 0 Å². The molecule has 24 heavy (non-hydrogen) atoms. The third-order valence-electron chi connectivity index (χ3n) is 4.28. The molecule has 1 unspecified atom stereocenters. The van der Waals surface area contributed by atoms with E-state index in [0.29, 0.717) is 13.0 Å². The van der Waals surface area contributed by atoms with Crippen molar-refractivity contribution in [1.29, 1.82) is 0 Å². The number of nitrogens with zero attached hydrogens (tertiary/aromatic N) is 1. The zero-order valence-corrected chi connectivity index (χ0v) is 15.2. The normalized spacial score (nSPS) is 17.8. The van der Waals surface area contributed by atoms with Crippen LogP contribution in [0.2, 0.25) is 4.34 Å². The highest BCUT2D eigenvalue weighted by molar-refractivity contribution is 7.16. The van der Waals surface area contributed by atoms with Crippen molar-refractivity contribution in [1.82, 2.24) is 10.2 Å². The fraction of sp³-hybridized carbons (Fsp3) is 0.389. The maximum Gasteiger partial charge on any atom is 0.223 e. The predicted octanol–water partition coefficient (Wildman–Crippen LogP) is 3.52. The van der Waals surface area contributed by atoms with E-state index in [1.165, 1.54) is 0 Å². The quantitative estimate of drug-likeness (QED) is 0.882. The maximum absolute atomic E-state index is 12.8. The van der Waals surface area contributed by atoms with Crippen LogP contribution in [-0.4, -0.2) is 37.6 Å². The largest absolute Gasteiger partial charge is 0.496 e. The van der Waals surface area contributed by atoms with Gasteiger partial charge in [-0.1, -0.05) is 29.8 Å². The molecule has 6 heteroatoms. The lowest BCUT2D eigenvalue weighted by atomic mass is 10.0. The molecule has 1 aromatic carbocycles. The van der Waals surface area contributed by atoms with E-state index >= 15 is 0 Å². The third-order valence-corrected chi connectivity index (χ3v) is 5.57. The van der Waals surface area contributed by atoms with Gasteiger partial charge in [0.05, 0.1) is 17.5 Å². The van der Waals surface area contributed by atoms with E-state index in [-0.39, 0.29) is 11.9 Å². The van der Waals surface area contributed by atoms with Crippen molar-refractivity contribution in [3.05, 3.63) is 51.2 Å². The molecule has 1 saturated heterocycles. The molecule has 3 rings (SSSR count). The number of benzene rings is 1. The van der Waals surface area contributed by atoms with E-state index in [1.807, 2.05) is 41.3 Å². The van der Waals surface area contributed by atoms with E-state index in [4.69, 9.17) is 16.3 Å². The van der Waals surface area contributed by atoms with Gasteiger partial charge in [-0.15, -0.1) is 11.3 Å². The van der Waals surface area contributed by atoms with Gasteiger partial charge in [0, 0.05) is 36.5 Å². The number of methoxy groups -OCH3 is 1. The number of piperazine rings is 1. The molecule has 1 aliphatic heterocycles. The minimum atomic E-state index is 0.00863. The Morgan fingerprint density at radius 3 is 2.96 bits per heavy atom. The van der Waals surface area contributed by atoms with Crippen LogP contribution in [-0.2, 0) is 11.2 Å². The minimum Gasteiger partial charge on any atom is -0.496 e. The number of carbonyl (C=O) groups is 1. The van der Waals surface area contributed by atoms with Crippen LogP contribution in [0.15, 0.2) is 36.4 Å². The van der Waals surface area contributed by atoms with Gasteiger partial charge in [0.1, 0.15) is 5.75 Å². The summed E-state index contributed by atoms with van der Waals surface area (Å²) >= 11 is 7.50. The summed E-state index contributed by atoms with van der Waals surface area (Å²) in [5.41, 5.74) is 1.06. The van der Waals surface area contributed by atoms with E-state index in [1.54, 1.807) is 18.4 Å². The first-order valence-electron chi connectivity index (χ1n) is 8.06. The fourth-order valence-electron chi connectivity index (χ4n) is 3.08. The molecule has 1 fully saturated rings. The number of ether oxygens (including phenoxy) is 1. The second kappa shape index (κ2) is 8.01. The van der Waals surface area contributed by atoms with E-state index in [9.17, 15) is 4.79 Å². The zero-order chi connectivity index (χ0) is 16.9. The van der Waals surface area contributed by atoms with Gasteiger partial charge in [0.25, 0.3) is 0 Å². The molecule has 1 N–H and O–H groups in total. The second-order valence-electron chi connectivity index (χ2n) is 5.75. The van der Waals surface area contributed by atoms with Gasteiger partial charge in [-0.05, 0) is 24.6 Å². The van der Waals surface area contributed by atoms with Crippen molar-refractivity contribution < 1.29 is 9.53 Å². The number of thiophene rings is 1. The predicted molar refractivity (Wildman–Crippen MR) is 98.0 cm³/mol. The lowest BCUT2D eigenvalue weighted by molar-refractivity contribution is -0.134. The topological polar surface area (TPSA) is 41.6 Å².